The number of nitrogens with two attached hydrogens (primary N) is 1. The van der Waals surface area contributed by atoms with Gasteiger partial charge >= 0.3 is 0 Å². The van der Waals surface area contributed by atoms with E-state index >= 15 is 0 Å². The first kappa shape index (κ1) is 15.4. The number of nitrogens with zero attached hydrogens (tertiary/aromatic N) is 1. The summed E-state index contributed by atoms with van der Waals surface area (Å²) in [5, 5.41) is 12.8. The van der Waals surface area contributed by atoms with Crippen LogP contribution in [0.25, 0.3) is 11.3 Å². The van der Waals surface area contributed by atoms with Gasteiger partial charge in [-0.05, 0) is 6.07 Å². The van der Waals surface area contributed by atoms with Crippen LogP contribution >= 0.6 is 11.6 Å². The monoisotopic (exact) mass is 306 g/mol. The molecule has 1 heterocycles. The Labute approximate surface area is 127 Å². The first-order chi connectivity index (χ1) is 10.1. The molecule has 0 radical (unpaired) electrons. The molecule has 6 heteroatoms. The minimum atomic E-state index is -0.0274. The summed E-state index contributed by atoms with van der Waals surface area (Å²) in [6, 6.07) is 7.05. The van der Waals surface area contributed by atoms with Gasteiger partial charge in [-0.2, -0.15) is 5.48 Å². The molecule has 5 nitrogen and oxygen atoms in total. The van der Waals surface area contributed by atoms with Gasteiger partial charge in [0.05, 0.1) is 10.7 Å². The molecule has 0 fully saturated rings. The van der Waals surface area contributed by atoms with E-state index in [1.54, 1.807) is 32.2 Å². The third-order valence-electron chi connectivity index (χ3n) is 3.22. The Morgan fingerprint density at radius 1 is 1.48 bits per heavy atom. The van der Waals surface area contributed by atoms with Crippen molar-refractivity contribution in [3.63, 3.8) is 0 Å². The number of anilines is 1. The maximum atomic E-state index is 12.1. The lowest BCUT2D eigenvalue weighted by Gasteiger charge is -2.13. The second kappa shape index (κ2) is 6.67. The van der Waals surface area contributed by atoms with Crippen LogP contribution in [-0.4, -0.2) is 23.0 Å². The Morgan fingerprint density at radius 2 is 2.24 bits per heavy atom. The number of hydrogen-bond donors (Lipinski definition) is 3. The molecular formula is C15H17ClN3O2+. The first-order valence-corrected chi connectivity index (χ1v) is 6.97. The number of Topliss-reactive ketones (excluding diaryl/α,β-unsaturated/α-hetero) is 1. The Balaban J connectivity index is 2.70. The lowest BCUT2D eigenvalue weighted by Crippen LogP contribution is -2.73. The molecule has 0 aliphatic rings. The third kappa shape index (κ3) is 3.05. The highest BCUT2D eigenvalue weighted by Gasteiger charge is 2.19. The van der Waals surface area contributed by atoms with E-state index in [0.717, 1.165) is 11.0 Å². The maximum absolute atomic E-state index is 12.1. The summed E-state index contributed by atoms with van der Waals surface area (Å²) in [6.45, 7) is 1.80. The predicted octanol–water partition coefficient (Wildman–Crippen LogP) is 2.62. The molecule has 0 aliphatic carbocycles. The largest absolute Gasteiger partial charge is 0.383 e. The van der Waals surface area contributed by atoms with Gasteiger partial charge in [-0.1, -0.05) is 30.7 Å². The van der Waals surface area contributed by atoms with Gasteiger partial charge in [0.2, 0.25) is 0 Å². The van der Waals surface area contributed by atoms with Crippen LogP contribution < -0.4 is 10.8 Å². The molecule has 0 amide bonds. The number of ketones is 1. The molecule has 110 valence electrons. The summed E-state index contributed by atoms with van der Waals surface area (Å²) in [5.41, 5.74) is 4.14. The highest BCUT2D eigenvalue weighted by atomic mass is 35.5. The molecule has 0 bridgehead atoms. The molecule has 1 aromatic carbocycles. The maximum Gasteiger partial charge on any atom is 0.185 e. The number of rotatable bonds is 5. The van der Waals surface area contributed by atoms with E-state index in [1.165, 1.54) is 6.20 Å². The zero-order valence-electron chi connectivity index (χ0n) is 11.9. The van der Waals surface area contributed by atoms with E-state index in [2.05, 4.69) is 10.3 Å². The van der Waals surface area contributed by atoms with Gasteiger partial charge in [-0.25, -0.2) is 5.21 Å². The molecule has 0 atom stereocenters. The van der Waals surface area contributed by atoms with Crippen LogP contribution in [0.4, 0.5) is 11.4 Å². The van der Waals surface area contributed by atoms with Crippen molar-refractivity contribution in [1.29, 1.82) is 0 Å². The Bertz CT molecular complexity index is 674. The molecule has 1 aromatic heterocycles. The van der Waals surface area contributed by atoms with Crippen LogP contribution in [-0.2, 0) is 0 Å². The molecule has 4 N–H and O–H groups in total. The smallest absolute Gasteiger partial charge is 0.185 e. The second-order valence-corrected chi connectivity index (χ2v) is 4.91. The number of benzene rings is 1. The molecule has 0 spiro atoms. The van der Waals surface area contributed by atoms with E-state index in [-0.39, 0.29) is 5.78 Å². The van der Waals surface area contributed by atoms with Gasteiger partial charge in [0.1, 0.15) is 5.69 Å². The predicted molar refractivity (Wildman–Crippen MR) is 82.2 cm³/mol. The van der Waals surface area contributed by atoms with Gasteiger partial charge < -0.3 is 5.32 Å². The SMILES string of the molecule is CCC(=O)c1cc(Cl)cnc1-c1cccc([NH2+]O)c1NC. The van der Waals surface area contributed by atoms with Crippen LogP contribution in [0.3, 0.4) is 0 Å². The van der Waals surface area contributed by atoms with Crippen molar-refractivity contribution in [1.82, 2.24) is 4.98 Å². The summed E-state index contributed by atoms with van der Waals surface area (Å²) < 4.78 is 0. The number of halogens is 1. The summed E-state index contributed by atoms with van der Waals surface area (Å²) in [5.74, 6) is -0.0274. The van der Waals surface area contributed by atoms with Crippen LogP contribution in [0.5, 0.6) is 0 Å². The van der Waals surface area contributed by atoms with Crippen molar-refractivity contribution < 1.29 is 15.5 Å². The van der Waals surface area contributed by atoms with Gasteiger partial charge in [0.25, 0.3) is 0 Å². The number of nitrogens with one attached hydrogen (secondary N) is 1. The second-order valence-electron chi connectivity index (χ2n) is 4.48. The lowest BCUT2D eigenvalue weighted by atomic mass is 9.99. The van der Waals surface area contributed by atoms with Crippen molar-refractivity contribution >= 4 is 28.8 Å². The van der Waals surface area contributed by atoms with Crippen LogP contribution in [0, 0.1) is 0 Å². The zero-order valence-corrected chi connectivity index (χ0v) is 12.6. The van der Waals surface area contributed by atoms with Crippen molar-refractivity contribution in [2.75, 3.05) is 12.4 Å². The number of hydrogen-bond acceptors (Lipinski definition) is 4. The van der Waals surface area contributed by atoms with E-state index in [1.807, 2.05) is 6.07 Å². The molecule has 0 saturated heterocycles. The van der Waals surface area contributed by atoms with Crippen molar-refractivity contribution in [3.8, 4) is 11.3 Å². The molecule has 0 unspecified atom stereocenters. The molecule has 0 saturated carbocycles. The summed E-state index contributed by atoms with van der Waals surface area (Å²) in [7, 11) is 1.75. The van der Waals surface area contributed by atoms with Crippen molar-refractivity contribution in [2.45, 2.75) is 13.3 Å². The topological polar surface area (TPSA) is 78.8 Å². The number of quaternary nitrogens is 1. The van der Waals surface area contributed by atoms with Crippen LogP contribution in [0.15, 0.2) is 30.5 Å². The molecule has 2 aromatic rings. The highest BCUT2D eigenvalue weighted by Crippen LogP contribution is 2.33. The van der Waals surface area contributed by atoms with E-state index < -0.39 is 0 Å². The van der Waals surface area contributed by atoms with Gasteiger partial charge in [0.15, 0.2) is 11.5 Å². The Kier molecular flexibility index (Phi) is 4.90. The number of carbonyl (C=O) groups is 1. The number of aromatic nitrogens is 1. The van der Waals surface area contributed by atoms with Crippen molar-refractivity contribution in [3.05, 3.63) is 41.0 Å². The van der Waals surface area contributed by atoms with Crippen molar-refractivity contribution in [2.24, 2.45) is 0 Å². The van der Waals surface area contributed by atoms with E-state index in [4.69, 9.17) is 11.6 Å². The fourth-order valence-electron chi connectivity index (χ4n) is 2.21. The quantitative estimate of drug-likeness (QED) is 0.451. The number of carbonyl (C=O) groups excluding carboxylic acids is 1. The molecule has 0 aliphatic heterocycles. The zero-order chi connectivity index (χ0) is 15.4. The molecule has 21 heavy (non-hydrogen) atoms. The summed E-state index contributed by atoms with van der Waals surface area (Å²) in [4.78, 5) is 16.5. The van der Waals surface area contributed by atoms with E-state index in [0.29, 0.717) is 34.1 Å². The minimum Gasteiger partial charge on any atom is -0.383 e. The molecule has 2 rings (SSSR count). The van der Waals surface area contributed by atoms with Gasteiger partial charge in [-0.3, -0.25) is 9.78 Å². The van der Waals surface area contributed by atoms with Gasteiger partial charge in [0, 0.05) is 36.9 Å². The first-order valence-electron chi connectivity index (χ1n) is 6.59. The Morgan fingerprint density at radius 3 is 2.86 bits per heavy atom. The summed E-state index contributed by atoms with van der Waals surface area (Å²) >= 11 is 5.96. The van der Waals surface area contributed by atoms with Gasteiger partial charge in [-0.15, -0.1) is 0 Å². The van der Waals surface area contributed by atoms with Crippen LogP contribution in [0.2, 0.25) is 5.02 Å². The number of pyridine rings is 1. The standard InChI is InChI=1S/C15H16ClN3O2/c1-3-13(20)11-7-9(16)8-18-14(11)10-5-4-6-12(19-21)15(10)17-2/h4-8,17,19,21H,3H2,1-2H3/p+1. The highest BCUT2D eigenvalue weighted by molar-refractivity contribution is 6.31. The van der Waals surface area contributed by atoms with Crippen LogP contribution in [0.1, 0.15) is 23.7 Å². The lowest BCUT2D eigenvalue weighted by molar-refractivity contribution is -0.825. The fourth-order valence-corrected chi connectivity index (χ4v) is 2.37. The Hall–Kier alpha value is -1.95. The minimum absolute atomic E-state index is 0.0274. The molecular weight excluding hydrogens is 290 g/mol. The average Bonchev–Trinajstić information content (AvgIpc) is 2.53. The third-order valence-corrected chi connectivity index (χ3v) is 3.42. The fraction of sp³-hybridized carbons (Fsp3) is 0.200. The van der Waals surface area contributed by atoms with E-state index in [9.17, 15) is 10.0 Å². The summed E-state index contributed by atoms with van der Waals surface area (Å²) in [6.07, 6.45) is 1.88. The number of para-hydroxylation sites is 1. The average molecular weight is 307 g/mol. The normalized spacial score (nSPS) is 10.5.